The molecule has 0 saturated carbocycles. The summed E-state index contributed by atoms with van der Waals surface area (Å²) in [6, 6.07) is 13.6. The monoisotopic (exact) mass is 283 g/mol. The molecule has 110 valence electrons. The third-order valence-corrected chi connectivity index (χ3v) is 3.49. The van der Waals surface area contributed by atoms with Crippen LogP contribution in [0.25, 0.3) is 0 Å². The van der Waals surface area contributed by atoms with Crippen LogP contribution in [0.1, 0.15) is 23.7 Å². The van der Waals surface area contributed by atoms with Crippen molar-refractivity contribution in [2.24, 2.45) is 5.73 Å². The fourth-order valence-corrected chi connectivity index (χ4v) is 2.27. The Hall–Kier alpha value is -2.20. The zero-order valence-electron chi connectivity index (χ0n) is 12.3. The molecule has 0 bridgehead atoms. The fraction of sp³-hybridized carbons (Fsp3) is 0.294. The van der Waals surface area contributed by atoms with Crippen molar-refractivity contribution in [3.63, 3.8) is 0 Å². The predicted molar refractivity (Wildman–Crippen MR) is 83.4 cm³/mol. The number of carbonyl (C=O) groups is 1. The second kappa shape index (κ2) is 7.55. The van der Waals surface area contributed by atoms with Crippen molar-refractivity contribution in [2.75, 3.05) is 6.54 Å². The maximum absolute atomic E-state index is 12.5. The first kappa shape index (κ1) is 15.2. The molecule has 1 heterocycles. The van der Waals surface area contributed by atoms with Gasteiger partial charge in [-0.05, 0) is 30.2 Å². The van der Waals surface area contributed by atoms with Gasteiger partial charge in [0.05, 0.1) is 18.7 Å². The van der Waals surface area contributed by atoms with Gasteiger partial charge in [0.25, 0.3) is 0 Å². The molecule has 21 heavy (non-hydrogen) atoms. The number of aromatic nitrogens is 1. The largest absolute Gasteiger partial charge is 0.337 e. The Kier molecular flexibility index (Phi) is 5.46. The van der Waals surface area contributed by atoms with Crippen molar-refractivity contribution in [1.82, 2.24) is 9.88 Å². The normalized spacial score (nSPS) is 10.4. The number of likely N-dealkylation sites (N-methyl/N-ethyl adjacent to an activating group) is 1. The minimum absolute atomic E-state index is 0.101. The van der Waals surface area contributed by atoms with Gasteiger partial charge in [-0.3, -0.25) is 9.78 Å². The summed E-state index contributed by atoms with van der Waals surface area (Å²) in [6.45, 7) is 3.65. The summed E-state index contributed by atoms with van der Waals surface area (Å²) in [5, 5.41) is 0. The number of pyridine rings is 1. The van der Waals surface area contributed by atoms with Crippen LogP contribution in [0.15, 0.2) is 48.7 Å². The highest BCUT2D eigenvalue weighted by Crippen LogP contribution is 2.11. The molecule has 2 aromatic rings. The molecule has 0 radical (unpaired) electrons. The van der Waals surface area contributed by atoms with Crippen LogP contribution in [0.5, 0.6) is 0 Å². The highest BCUT2D eigenvalue weighted by molar-refractivity contribution is 5.79. The molecule has 0 saturated heterocycles. The second-order valence-electron chi connectivity index (χ2n) is 4.88. The molecule has 4 nitrogen and oxygen atoms in total. The number of nitrogens with zero attached hydrogens (tertiary/aromatic N) is 2. The molecule has 1 aromatic heterocycles. The Labute approximate surface area is 125 Å². The number of hydrogen-bond donors (Lipinski definition) is 1. The lowest BCUT2D eigenvalue weighted by Gasteiger charge is -2.21. The molecule has 0 unspecified atom stereocenters. The van der Waals surface area contributed by atoms with E-state index in [0.29, 0.717) is 26.1 Å². The lowest BCUT2D eigenvalue weighted by Crippen LogP contribution is -2.32. The number of amides is 1. The SMILES string of the molecule is CCN(Cc1ccccn1)C(=O)Cc1ccccc1CN. The minimum atomic E-state index is 0.101. The maximum Gasteiger partial charge on any atom is 0.227 e. The van der Waals surface area contributed by atoms with E-state index in [1.54, 1.807) is 6.20 Å². The molecule has 0 aliphatic rings. The molecule has 2 rings (SSSR count). The zero-order chi connectivity index (χ0) is 15.1. The van der Waals surface area contributed by atoms with E-state index in [2.05, 4.69) is 4.98 Å². The zero-order valence-corrected chi connectivity index (χ0v) is 12.3. The molecule has 0 fully saturated rings. The summed E-state index contributed by atoms with van der Waals surface area (Å²) < 4.78 is 0. The van der Waals surface area contributed by atoms with E-state index in [-0.39, 0.29) is 5.91 Å². The topological polar surface area (TPSA) is 59.2 Å². The lowest BCUT2D eigenvalue weighted by atomic mass is 10.0. The van der Waals surface area contributed by atoms with Gasteiger partial charge in [0.1, 0.15) is 0 Å². The molecular formula is C17H21N3O. The highest BCUT2D eigenvalue weighted by atomic mass is 16.2. The third kappa shape index (κ3) is 4.13. The molecule has 2 N–H and O–H groups in total. The van der Waals surface area contributed by atoms with Crippen LogP contribution in [-0.4, -0.2) is 22.3 Å². The average molecular weight is 283 g/mol. The summed E-state index contributed by atoms with van der Waals surface area (Å²) in [4.78, 5) is 18.6. The molecule has 1 aromatic carbocycles. The van der Waals surface area contributed by atoms with E-state index in [9.17, 15) is 4.79 Å². The van der Waals surface area contributed by atoms with E-state index in [1.807, 2.05) is 54.3 Å². The van der Waals surface area contributed by atoms with E-state index < -0.39 is 0 Å². The summed E-state index contributed by atoms with van der Waals surface area (Å²) >= 11 is 0. The fourth-order valence-electron chi connectivity index (χ4n) is 2.27. The van der Waals surface area contributed by atoms with Gasteiger partial charge in [-0.1, -0.05) is 30.3 Å². The Morgan fingerprint density at radius 1 is 1.14 bits per heavy atom. The lowest BCUT2D eigenvalue weighted by molar-refractivity contribution is -0.130. The van der Waals surface area contributed by atoms with Crippen molar-refractivity contribution < 1.29 is 4.79 Å². The Bertz CT molecular complexity index is 584. The molecule has 0 atom stereocenters. The molecule has 1 amide bonds. The third-order valence-electron chi connectivity index (χ3n) is 3.49. The smallest absolute Gasteiger partial charge is 0.227 e. The number of hydrogen-bond acceptors (Lipinski definition) is 3. The molecule has 4 heteroatoms. The van der Waals surface area contributed by atoms with Gasteiger partial charge in [-0.25, -0.2) is 0 Å². The second-order valence-corrected chi connectivity index (χ2v) is 4.88. The molecular weight excluding hydrogens is 262 g/mol. The van der Waals surface area contributed by atoms with Gasteiger partial charge in [0.2, 0.25) is 5.91 Å². The first-order valence-corrected chi connectivity index (χ1v) is 7.19. The van der Waals surface area contributed by atoms with Crippen LogP contribution in [0, 0.1) is 0 Å². The van der Waals surface area contributed by atoms with Crippen LogP contribution in [0.4, 0.5) is 0 Å². The Morgan fingerprint density at radius 2 is 1.86 bits per heavy atom. The van der Waals surface area contributed by atoms with Gasteiger partial charge in [0.15, 0.2) is 0 Å². The van der Waals surface area contributed by atoms with E-state index >= 15 is 0 Å². The number of benzene rings is 1. The number of rotatable bonds is 6. The average Bonchev–Trinajstić information content (AvgIpc) is 2.54. The summed E-state index contributed by atoms with van der Waals surface area (Å²) in [6.07, 6.45) is 2.13. The first-order valence-electron chi connectivity index (χ1n) is 7.19. The summed E-state index contributed by atoms with van der Waals surface area (Å²) in [7, 11) is 0. The quantitative estimate of drug-likeness (QED) is 0.883. The van der Waals surface area contributed by atoms with Gasteiger partial charge >= 0.3 is 0 Å². The highest BCUT2D eigenvalue weighted by Gasteiger charge is 2.14. The minimum Gasteiger partial charge on any atom is -0.337 e. The first-order chi connectivity index (χ1) is 10.2. The van der Waals surface area contributed by atoms with Crippen LogP contribution in [0.2, 0.25) is 0 Å². The van der Waals surface area contributed by atoms with Gasteiger partial charge in [-0.15, -0.1) is 0 Å². The summed E-state index contributed by atoms with van der Waals surface area (Å²) in [5.41, 5.74) is 8.66. The van der Waals surface area contributed by atoms with Crippen LogP contribution >= 0.6 is 0 Å². The number of nitrogens with two attached hydrogens (primary N) is 1. The van der Waals surface area contributed by atoms with E-state index in [4.69, 9.17) is 5.73 Å². The van der Waals surface area contributed by atoms with Gasteiger partial charge in [0, 0.05) is 19.3 Å². The van der Waals surface area contributed by atoms with Crippen molar-refractivity contribution in [2.45, 2.75) is 26.4 Å². The van der Waals surface area contributed by atoms with Crippen molar-refractivity contribution >= 4 is 5.91 Å². The number of carbonyl (C=O) groups excluding carboxylic acids is 1. The molecule has 0 aliphatic carbocycles. The van der Waals surface area contributed by atoms with E-state index in [1.165, 1.54) is 0 Å². The van der Waals surface area contributed by atoms with Crippen LogP contribution in [-0.2, 0) is 24.3 Å². The van der Waals surface area contributed by atoms with Crippen molar-refractivity contribution in [3.05, 3.63) is 65.5 Å². The van der Waals surface area contributed by atoms with Gasteiger partial charge in [-0.2, -0.15) is 0 Å². The Morgan fingerprint density at radius 3 is 2.48 bits per heavy atom. The van der Waals surface area contributed by atoms with Crippen molar-refractivity contribution in [3.8, 4) is 0 Å². The summed E-state index contributed by atoms with van der Waals surface area (Å²) in [5.74, 6) is 0.101. The Balaban J connectivity index is 2.06. The molecule has 0 aliphatic heterocycles. The predicted octanol–water partition coefficient (Wildman–Crippen LogP) is 2.13. The standard InChI is InChI=1S/C17H21N3O/c1-2-20(13-16-9-5-6-10-19-16)17(21)11-14-7-3-4-8-15(14)12-18/h3-10H,2,11-13,18H2,1H3. The van der Waals surface area contributed by atoms with Crippen LogP contribution < -0.4 is 5.73 Å². The van der Waals surface area contributed by atoms with Gasteiger partial charge < -0.3 is 10.6 Å². The van der Waals surface area contributed by atoms with E-state index in [0.717, 1.165) is 16.8 Å². The maximum atomic E-state index is 12.5. The molecule has 0 spiro atoms. The van der Waals surface area contributed by atoms with Crippen molar-refractivity contribution in [1.29, 1.82) is 0 Å². The van der Waals surface area contributed by atoms with Crippen LogP contribution in [0.3, 0.4) is 0 Å².